The van der Waals surface area contributed by atoms with Crippen LogP contribution in [-0.2, 0) is 0 Å². The Bertz CT molecular complexity index is 382. The van der Waals surface area contributed by atoms with E-state index in [1.807, 2.05) is 0 Å². The quantitative estimate of drug-likeness (QED) is 0.895. The number of aryl methyl sites for hydroxylation is 1. The first-order valence-corrected chi connectivity index (χ1v) is 4.41. The number of alkyl halides is 2. The third kappa shape index (κ3) is 1.89. The van der Waals surface area contributed by atoms with Crippen molar-refractivity contribution in [3.05, 3.63) is 27.5 Å². The first-order valence-electron chi connectivity index (χ1n) is 3.61. The molecule has 76 valence electrons. The Morgan fingerprint density at radius 3 is 2.64 bits per heavy atom. The van der Waals surface area contributed by atoms with Gasteiger partial charge in [0.15, 0.2) is 0 Å². The minimum absolute atomic E-state index is 0.0998. The Hall–Kier alpha value is -1.04. The molecule has 0 saturated heterocycles. The lowest BCUT2D eigenvalue weighted by atomic mass is 10.1. The molecule has 0 amide bonds. The zero-order valence-corrected chi connectivity index (χ0v) is 8.68. The van der Waals surface area contributed by atoms with E-state index in [0.717, 1.165) is 6.20 Å². The molecule has 0 spiro atoms. The van der Waals surface area contributed by atoms with Gasteiger partial charge in [-0.3, -0.25) is 4.98 Å². The normalized spacial score (nSPS) is 10.6. The molecule has 0 radical (unpaired) electrons. The summed E-state index contributed by atoms with van der Waals surface area (Å²) in [5.74, 6) is -1.39. The van der Waals surface area contributed by atoms with Crippen molar-refractivity contribution in [2.75, 3.05) is 0 Å². The highest BCUT2D eigenvalue weighted by Crippen LogP contribution is 2.29. The van der Waals surface area contributed by atoms with E-state index in [-0.39, 0.29) is 4.47 Å². The molecule has 0 aromatic carbocycles. The first kappa shape index (κ1) is 11.0. The van der Waals surface area contributed by atoms with Gasteiger partial charge in [0.05, 0.1) is 21.3 Å². The van der Waals surface area contributed by atoms with Crippen molar-refractivity contribution in [2.45, 2.75) is 13.3 Å². The van der Waals surface area contributed by atoms with Crippen molar-refractivity contribution in [2.24, 2.45) is 0 Å². The summed E-state index contributed by atoms with van der Waals surface area (Å²) in [6.45, 7) is 1.53. The maximum absolute atomic E-state index is 12.4. The standard InChI is InChI=1S/C8H6BrF2NO2/c1-3-6(9)5(8(13)14)4(2-12-3)7(10)11/h2,7H,1H3,(H,13,14). The average Bonchev–Trinajstić information content (AvgIpc) is 2.08. The Balaban J connectivity index is 3.45. The Labute approximate surface area is 86.9 Å². The van der Waals surface area contributed by atoms with Crippen LogP contribution in [0.1, 0.15) is 28.0 Å². The number of hydrogen-bond acceptors (Lipinski definition) is 2. The number of pyridine rings is 1. The van der Waals surface area contributed by atoms with Crippen molar-refractivity contribution < 1.29 is 18.7 Å². The highest BCUT2D eigenvalue weighted by Gasteiger charge is 2.22. The number of nitrogens with zero attached hydrogens (tertiary/aromatic N) is 1. The van der Waals surface area contributed by atoms with Crippen LogP contribution in [0.3, 0.4) is 0 Å². The number of hydrogen-bond donors (Lipinski definition) is 1. The lowest BCUT2D eigenvalue weighted by Gasteiger charge is -2.08. The summed E-state index contributed by atoms with van der Waals surface area (Å²) in [7, 11) is 0. The molecule has 3 nitrogen and oxygen atoms in total. The molecule has 1 N–H and O–H groups in total. The number of carboxylic acids is 1. The average molecular weight is 266 g/mol. The van der Waals surface area contributed by atoms with Crippen LogP contribution in [0.25, 0.3) is 0 Å². The molecule has 0 unspecified atom stereocenters. The van der Waals surface area contributed by atoms with E-state index in [0.29, 0.717) is 5.69 Å². The van der Waals surface area contributed by atoms with Gasteiger partial charge in [-0.2, -0.15) is 0 Å². The second-order valence-electron chi connectivity index (χ2n) is 2.59. The van der Waals surface area contributed by atoms with Crippen LogP contribution < -0.4 is 0 Å². The number of aromatic nitrogens is 1. The van der Waals surface area contributed by atoms with Crippen molar-refractivity contribution in [1.29, 1.82) is 0 Å². The Kier molecular flexibility index (Phi) is 3.15. The van der Waals surface area contributed by atoms with E-state index in [4.69, 9.17) is 5.11 Å². The van der Waals surface area contributed by atoms with Gasteiger partial charge < -0.3 is 5.11 Å². The predicted octanol–water partition coefficient (Wildman–Crippen LogP) is 2.79. The van der Waals surface area contributed by atoms with Gasteiger partial charge in [-0.1, -0.05) is 0 Å². The van der Waals surface area contributed by atoms with Gasteiger partial charge >= 0.3 is 5.97 Å². The van der Waals surface area contributed by atoms with E-state index in [1.165, 1.54) is 6.92 Å². The molecule has 0 saturated carbocycles. The fourth-order valence-electron chi connectivity index (χ4n) is 0.978. The topological polar surface area (TPSA) is 50.2 Å². The molecule has 0 aliphatic rings. The monoisotopic (exact) mass is 265 g/mol. The Morgan fingerprint density at radius 2 is 2.21 bits per heavy atom. The zero-order valence-electron chi connectivity index (χ0n) is 7.09. The fourth-order valence-corrected chi connectivity index (χ4v) is 1.48. The zero-order chi connectivity index (χ0) is 10.9. The number of aromatic carboxylic acids is 1. The van der Waals surface area contributed by atoms with Crippen LogP contribution in [-0.4, -0.2) is 16.1 Å². The predicted molar refractivity (Wildman–Crippen MR) is 48.6 cm³/mol. The van der Waals surface area contributed by atoms with E-state index >= 15 is 0 Å². The number of halogens is 3. The first-order chi connectivity index (χ1) is 6.45. The molecule has 6 heteroatoms. The van der Waals surface area contributed by atoms with Gasteiger partial charge in [0.1, 0.15) is 0 Å². The van der Waals surface area contributed by atoms with E-state index in [9.17, 15) is 13.6 Å². The molecular formula is C8H6BrF2NO2. The number of rotatable bonds is 2. The molecule has 1 aromatic heterocycles. The number of carbonyl (C=O) groups is 1. The van der Waals surface area contributed by atoms with Gasteiger partial charge in [0, 0.05) is 6.20 Å². The third-order valence-corrected chi connectivity index (χ3v) is 2.64. The maximum atomic E-state index is 12.4. The second kappa shape index (κ2) is 4.00. The van der Waals surface area contributed by atoms with E-state index < -0.39 is 23.5 Å². The van der Waals surface area contributed by atoms with Crippen molar-refractivity contribution in [3.63, 3.8) is 0 Å². The molecule has 1 rings (SSSR count). The highest BCUT2D eigenvalue weighted by atomic mass is 79.9. The van der Waals surface area contributed by atoms with Gasteiger partial charge in [-0.25, -0.2) is 13.6 Å². The number of carboxylic acid groups (broad SMARTS) is 1. The molecule has 0 fully saturated rings. The summed E-state index contributed by atoms with van der Waals surface area (Å²) in [5, 5.41) is 8.73. The minimum atomic E-state index is -2.84. The van der Waals surface area contributed by atoms with Crippen LogP contribution >= 0.6 is 15.9 Å². The van der Waals surface area contributed by atoms with Gasteiger partial charge in [-0.15, -0.1) is 0 Å². The summed E-state index contributed by atoms with van der Waals surface area (Å²) in [6, 6.07) is 0. The summed E-state index contributed by atoms with van der Waals surface area (Å²) in [6.07, 6.45) is -1.96. The summed E-state index contributed by atoms with van der Waals surface area (Å²) in [5.41, 5.74) is -0.630. The molecule has 14 heavy (non-hydrogen) atoms. The summed E-state index contributed by atoms with van der Waals surface area (Å²) in [4.78, 5) is 14.4. The molecule has 1 aromatic rings. The second-order valence-corrected chi connectivity index (χ2v) is 3.39. The van der Waals surface area contributed by atoms with Crippen molar-refractivity contribution >= 4 is 21.9 Å². The molecule has 1 heterocycles. The lowest BCUT2D eigenvalue weighted by Crippen LogP contribution is -2.06. The highest BCUT2D eigenvalue weighted by molar-refractivity contribution is 9.10. The smallest absolute Gasteiger partial charge is 0.337 e. The molecule has 0 aliphatic heterocycles. The van der Waals surface area contributed by atoms with Crippen LogP contribution in [0, 0.1) is 6.92 Å². The maximum Gasteiger partial charge on any atom is 0.337 e. The van der Waals surface area contributed by atoms with Crippen LogP contribution in [0.15, 0.2) is 10.7 Å². The van der Waals surface area contributed by atoms with Gasteiger partial charge in [0.2, 0.25) is 0 Å². The molecule has 0 aliphatic carbocycles. The van der Waals surface area contributed by atoms with Gasteiger partial charge in [-0.05, 0) is 22.9 Å². The van der Waals surface area contributed by atoms with Gasteiger partial charge in [0.25, 0.3) is 6.43 Å². The fraction of sp³-hybridized carbons (Fsp3) is 0.250. The van der Waals surface area contributed by atoms with Crippen LogP contribution in [0.4, 0.5) is 8.78 Å². The third-order valence-electron chi connectivity index (χ3n) is 1.67. The van der Waals surface area contributed by atoms with Crippen LogP contribution in [0.2, 0.25) is 0 Å². The van der Waals surface area contributed by atoms with E-state index in [2.05, 4.69) is 20.9 Å². The Morgan fingerprint density at radius 1 is 1.64 bits per heavy atom. The molecule has 0 bridgehead atoms. The molecular weight excluding hydrogens is 260 g/mol. The molecule has 0 atom stereocenters. The van der Waals surface area contributed by atoms with Crippen molar-refractivity contribution in [3.8, 4) is 0 Å². The largest absolute Gasteiger partial charge is 0.478 e. The lowest BCUT2D eigenvalue weighted by molar-refractivity contribution is 0.0683. The van der Waals surface area contributed by atoms with Crippen molar-refractivity contribution in [1.82, 2.24) is 4.98 Å². The van der Waals surface area contributed by atoms with E-state index in [1.54, 1.807) is 0 Å². The summed E-state index contributed by atoms with van der Waals surface area (Å²) >= 11 is 2.92. The SMILES string of the molecule is Cc1ncc(C(F)F)c(C(=O)O)c1Br. The summed E-state index contributed by atoms with van der Waals surface area (Å²) < 4.78 is 24.9. The van der Waals surface area contributed by atoms with Crippen LogP contribution in [0.5, 0.6) is 0 Å². The minimum Gasteiger partial charge on any atom is -0.478 e.